The van der Waals surface area contributed by atoms with Gasteiger partial charge in [-0.2, -0.15) is 18.4 Å². The molecule has 0 saturated heterocycles. The lowest BCUT2D eigenvalue weighted by Crippen LogP contribution is -2.32. The molecule has 1 aromatic carbocycles. The Bertz CT molecular complexity index is 1160. The van der Waals surface area contributed by atoms with Gasteiger partial charge >= 0.3 is 6.18 Å². The number of ether oxygens (including phenoxy) is 2. The van der Waals surface area contributed by atoms with E-state index >= 15 is 0 Å². The smallest absolute Gasteiger partial charge is 0.418 e. The minimum atomic E-state index is -4.55. The fourth-order valence-electron chi connectivity index (χ4n) is 3.62. The molecule has 0 spiro atoms. The van der Waals surface area contributed by atoms with Crippen LogP contribution >= 0.6 is 0 Å². The van der Waals surface area contributed by atoms with Crippen LogP contribution in [0, 0.1) is 17.2 Å². The fraction of sp³-hybridized carbons (Fsp3) is 0.423. The lowest BCUT2D eigenvalue weighted by atomic mass is 10.0. The van der Waals surface area contributed by atoms with E-state index in [0.29, 0.717) is 30.3 Å². The number of nitrogens with zero attached hydrogens (tertiary/aromatic N) is 4. The van der Waals surface area contributed by atoms with Gasteiger partial charge in [0.25, 0.3) is 5.90 Å². The van der Waals surface area contributed by atoms with Crippen molar-refractivity contribution in [2.45, 2.75) is 52.4 Å². The van der Waals surface area contributed by atoms with Gasteiger partial charge in [0.2, 0.25) is 0 Å². The molecule has 7 nitrogen and oxygen atoms in total. The van der Waals surface area contributed by atoms with Crippen molar-refractivity contribution in [1.29, 1.82) is 5.26 Å². The number of aromatic nitrogens is 1. The molecule has 0 amide bonds. The van der Waals surface area contributed by atoms with Crippen LogP contribution in [0.1, 0.15) is 50.3 Å². The van der Waals surface area contributed by atoms with Crippen LogP contribution in [0.3, 0.4) is 0 Å². The molecule has 1 aliphatic rings. The molecule has 0 saturated carbocycles. The van der Waals surface area contributed by atoms with Gasteiger partial charge in [-0.25, -0.2) is 0 Å². The van der Waals surface area contributed by atoms with Gasteiger partial charge in [-0.05, 0) is 48.7 Å². The topological polar surface area (TPSA) is 80.0 Å². The molecular weight excluding hydrogens is 473 g/mol. The highest BCUT2D eigenvalue weighted by Crippen LogP contribution is 2.33. The summed E-state index contributed by atoms with van der Waals surface area (Å²) in [6, 6.07) is 7.90. The van der Waals surface area contributed by atoms with Crippen molar-refractivity contribution in [1.82, 2.24) is 9.88 Å². The first-order valence-electron chi connectivity index (χ1n) is 11.7. The molecule has 1 aliphatic heterocycles. The van der Waals surface area contributed by atoms with Crippen LogP contribution in [0.25, 0.3) is 0 Å². The summed E-state index contributed by atoms with van der Waals surface area (Å²) in [5.74, 6) is 0.496. The Balaban J connectivity index is 1.75. The number of benzene rings is 1. The van der Waals surface area contributed by atoms with Crippen LogP contribution in [0.15, 0.2) is 53.6 Å². The predicted octanol–water partition coefficient (Wildman–Crippen LogP) is 6.27. The standard InChI is InChI=1S/C26H29F3N4O3/c1-5-17(3)33(4)23-11-25(32-35-16-19(23)6-2)34-15-18-7-8-24(20(9-18)12-30)36-22-10-21(13-31-14-22)26(27,28)29/h7-11,13-14,17,19H,5-6,15-16H2,1-4H3. The number of hydrogen-bond donors (Lipinski definition) is 0. The van der Waals surface area contributed by atoms with Gasteiger partial charge in [0.05, 0.1) is 17.3 Å². The van der Waals surface area contributed by atoms with E-state index in [0.717, 1.165) is 30.8 Å². The summed E-state index contributed by atoms with van der Waals surface area (Å²) < 4.78 is 50.2. The van der Waals surface area contributed by atoms with Crippen molar-refractivity contribution < 1.29 is 27.5 Å². The Morgan fingerprint density at radius 1 is 1.25 bits per heavy atom. The predicted molar refractivity (Wildman–Crippen MR) is 128 cm³/mol. The highest BCUT2D eigenvalue weighted by molar-refractivity contribution is 5.88. The second-order valence-corrected chi connectivity index (χ2v) is 8.51. The Morgan fingerprint density at radius 3 is 2.69 bits per heavy atom. The third kappa shape index (κ3) is 6.68. The van der Waals surface area contributed by atoms with E-state index in [1.165, 1.54) is 6.07 Å². The van der Waals surface area contributed by atoms with Crippen LogP contribution in [0.2, 0.25) is 0 Å². The summed E-state index contributed by atoms with van der Waals surface area (Å²) in [4.78, 5) is 11.3. The van der Waals surface area contributed by atoms with E-state index in [9.17, 15) is 18.4 Å². The summed E-state index contributed by atoms with van der Waals surface area (Å²) in [7, 11) is 2.05. The van der Waals surface area contributed by atoms with Gasteiger partial charge in [0, 0.05) is 37.0 Å². The van der Waals surface area contributed by atoms with Crippen LogP contribution in [0.5, 0.6) is 11.5 Å². The monoisotopic (exact) mass is 502 g/mol. The molecule has 10 heteroatoms. The molecule has 2 atom stereocenters. The first-order valence-corrected chi connectivity index (χ1v) is 11.7. The lowest BCUT2D eigenvalue weighted by Gasteiger charge is -2.32. The fourth-order valence-corrected chi connectivity index (χ4v) is 3.62. The molecular formula is C26H29F3N4O3. The maximum absolute atomic E-state index is 12.9. The molecule has 2 unspecified atom stereocenters. The highest BCUT2D eigenvalue weighted by atomic mass is 19.4. The first-order chi connectivity index (χ1) is 17.2. The van der Waals surface area contributed by atoms with E-state index in [4.69, 9.17) is 14.3 Å². The minimum absolute atomic E-state index is 0.107. The van der Waals surface area contributed by atoms with Gasteiger partial charge in [0.1, 0.15) is 30.8 Å². The quantitative estimate of drug-likeness (QED) is 0.424. The molecule has 2 heterocycles. The van der Waals surface area contributed by atoms with Crippen molar-refractivity contribution in [3.63, 3.8) is 0 Å². The van der Waals surface area contributed by atoms with Gasteiger partial charge < -0.3 is 19.2 Å². The van der Waals surface area contributed by atoms with Gasteiger partial charge in [-0.1, -0.05) is 19.9 Å². The van der Waals surface area contributed by atoms with Gasteiger partial charge in [0.15, 0.2) is 0 Å². The lowest BCUT2D eigenvalue weighted by molar-refractivity contribution is -0.137. The van der Waals surface area contributed by atoms with E-state index < -0.39 is 11.7 Å². The van der Waals surface area contributed by atoms with Crippen molar-refractivity contribution in [3.8, 4) is 17.6 Å². The maximum atomic E-state index is 12.9. The number of hydrogen-bond acceptors (Lipinski definition) is 7. The number of oxime groups is 1. The third-order valence-electron chi connectivity index (χ3n) is 6.09. The Hall–Kier alpha value is -3.74. The maximum Gasteiger partial charge on any atom is 0.418 e. The first kappa shape index (κ1) is 26.9. The highest BCUT2D eigenvalue weighted by Gasteiger charge is 2.31. The average molecular weight is 503 g/mol. The molecule has 0 aliphatic carbocycles. The van der Waals surface area contributed by atoms with Crippen LogP contribution in [-0.4, -0.2) is 35.5 Å². The molecule has 3 rings (SSSR count). The molecule has 0 fully saturated rings. The largest absolute Gasteiger partial charge is 0.471 e. The van der Waals surface area contributed by atoms with Crippen molar-refractivity contribution in [3.05, 3.63) is 65.1 Å². The second kappa shape index (κ2) is 11.8. The number of alkyl halides is 3. The normalized spacial score (nSPS) is 16.6. The van der Waals surface area contributed by atoms with Crippen molar-refractivity contribution in [2.24, 2.45) is 11.1 Å². The van der Waals surface area contributed by atoms with Gasteiger partial charge in [-0.15, -0.1) is 0 Å². The van der Waals surface area contributed by atoms with E-state index in [2.05, 4.69) is 35.8 Å². The van der Waals surface area contributed by atoms with Crippen molar-refractivity contribution >= 4 is 5.90 Å². The summed E-state index contributed by atoms with van der Waals surface area (Å²) in [6.45, 7) is 6.94. The zero-order valence-electron chi connectivity index (χ0n) is 20.7. The van der Waals surface area contributed by atoms with Crippen LogP contribution in [0.4, 0.5) is 13.2 Å². The molecule has 1 aromatic heterocycles. The molecule has 0 N–H and O–H groups in total. The number of pyridine rings is 1. The minimum Gasteiger partial charge on any atom is -0.471 e. The van der Waals surface area contributed by atoms with E-state index in [1.807, 2.05) is 19.2 Å². The third-order valence-corrected chi connectivity index (χ3v) is 6.09. The van der Waals surface area contributed by atoms with E-state index in [-0.39, 0.29) is 29.6 Å². The summed E-state index contributed by atoms with van der Waals surface area (Å²) in [5, 5.41) is 13.7. The second-order valence-electron chi connectivity index (χ2n) is 8.51. The Kier molecular flexibility index (Phi) is 8.80. The number of nitriles is 1. The Morgan fingerprint density at radius 2 is 2.03 bits per heavy atom. The van der Waals surface area contributed by atoms with E-state index in [1.54, 1.807) is 12.1 Å². The molecule has 2 aromatic rings. The SMILES string of the molecule is CCC1CON=C(OCc2ccc(Oc3cncc(C(F)(F)F)c3)c(C#N)c2)C=C1N(C)C(C)CC. The Labute approximate surface area is 208 Å². The summed E-state index contributed by atoms with van der Waals surface area (Å²) in [6.07, 6.45) is 1.08. The average Bonchev–Trinajstić information content (AvgIpc) is 3.08. The zero-order chi connectivity index (χ0) is 26.3. The molecule has 0 radical (unpaired) electrons. The van der Waals surface area contributed by atoms with Crippen LogP contribution in [-0.2, 0) is 22.4 Å². The summed E-state index contributed by atoms with van der Waals surface area (Å²) in [5.41, 5.74) is 0.947. The van der Waals surface area contributed by atoms with Crippen molar-refractivity contribution in [2.75, 3.05) is 13.7 Å². The zero-order valence-corrected chi connectivity index (χ0v) is 20.7. The molecule has 0 bridgehead atoms. The number of rotatable bonds is 8. The molecule has 36 heavy (non-hydrogen) atoms. The van der Waals surface area contributed by atoms with Gasteiger partial charge in [-0.3, -0.25) is 4.98 Å². The summed E-state index contributed by atoms with van der Waals surface area (Å²) >= 11 is 0. The molecule has 192 valence electrons. The van der Waals surface area contributed by atoms with Crippen LogP contribution < -0.4 is 4.74 Å². The number of halogens is 3.